The van der Waals surface area contributed by atoms with Gasteiger partial charge in [0, 0.05) is 18.2 Å². The maximum Gasteiger partial charge on any atom is 0.145 e. The molecule has 0 spiro atoms. The largest absolute Gasteiger partial charge is 0.382 e. The zero-order valence-corrected chi connectivity index (χ0v) is 9.10. The molecule has 0 amide bonds. The van der Waals surface area contributed by atoms with Crippen LogP contribution in [-0.2, 0) is 6.42 Å². The van der Waals surface area contributed by atoms with Crippen molar-refractivity contribution in [2.24, 2.45) is 0 Å². The molecule has 0 fully saturated rings. The number of rotatable bonds is 3. The van der Waals surface area contributed by atoms with Crippen LogP contribution in [0.3, 0.4) is 0 Å². The second-order valence-electron chi connectivity index (χ2n) is 3.47. The summed E-state index contributed by atoms with van der Waals surface area (Å²) in [5.41, 5.74) is 7.42. The normalized spacial score (nSPS) is 10.2. The number of nitrogens with two attached hydrogens (primary N) is 1. The van der Waals surface area contributed by atoms with Crippen LogP contribution in [0.25, 0.3) is 11.3 Å². The molecule has 0 saturated carbocycles. The summed E-state index contributed by atoms with van der Waals surface area (Å²) in [6.07, 6.45) is 6.38. The number of anilines is 1. The van der Waals surface area contributed by atoms with Crippen molar-refractivity contribution in [1.29, 1.82) is 0 Å². The lowest BCUT2D eigenvalue weighted by Crippen LogP contribution is -2.01. The Bertz CT molecular complexity index is 554. The molecule has 0 bridgehead atoms. The quantitative estimate of drug-likeness (QED) is 0.819. The van der Waals surface area contributed by atoms with Gasteiger partial charge in [-0.05, 0) is 6.07 Å². The first-order chi connectivity index (χ1) is 8.20. The molecule has 0 aliphatic rings. The Hall–Kier alpha value is -2.30. The zero-order chi connectivity index (χ0) is 12.3. The fraction of sp³-hybridized carbons (Fsp3) is 0.0833. The Labute approximate surface area is 98.1 Å². The van der Waals surface area contributed by atoms with Gasteiger partial charge in [-0.2, -0.15) is 0 Å². The molecular formula is C12H11FN4. The van der Waals surface area contributed by atoms with Crippen molar-refractivity contribution in [3.8, 4) is 11.3 Å². The van der Waals surface area contributed by atoms with Gasteiger partial charge in [-0.25, -0.2) is 14.4 Å². The first-order valence-corrected chi connectivity index (χ1v) is 5.04. The van der Waals surface area contributed by atoms with Gasteiger partial charge < -0.3 is 5.73 Å². The number of nitrogen functional groups attached to an aromatic ring is 1. The molecule has 0 saturated heterocycles. The fourth-order valence-corrected chi connectivity index (χ4v) is 1.41. The van der Waals surface area contributed by atoms with Crippen molar-refractivity contribution in [2.75, 3.05) is 5.73 Å². The third-order valence-corrected chi connectivity index (χ3v) is 2.22. The van der Waals surface area contributed by atoms with Crippen molar-refractivity contribution >= 4 is 5.82 Å². The van der Waals surface area contributed by atoms with E-state index in [1.54, 1.807) is 6.08 Å². The third kappa shape index (κ3) is 2.44. The predicted octanol–water partition coefficient (Wildman–Crippen LogP) is 1.99. The molecule has 86 valence electrons. The molecule has 17 heavy (non-hydrogen) atoms. The highest BCUT2D eigenvalue weighted by Gasteiger charge is 2.06. The molecule has 2 aromatic heterocycles. The molecule has 2 rings (SSSR count). The van der Waals surface area contributed by atoms with Crippen LogP contribution in [0.5, 0.6) is 0 Å². The average molecular weight is 230 g/mol. The number of pyridine rings is 1. The first-order valence-electron chi connectivity index (χ1n) is 5.04. The monoisotopic (exact) mass is 230 g/mol. The molecule has 4 nitrogen and oxygen atoms in total. The van der Waals surface area contributed by atoms with Crippen molar-refractivity contribution in [1.82, 2.24) is 15.0 Å². The van der Waals surface area contributed by atoms with E-state index in [4.69, 9.17) is 5.73 Å². The van der Waals surface area contributed by atoms with Gasteiger partial charge in [-0.3, -0.25) is 4.98 Å². The van der Waals surface area contributed by atoms with E-state index in [1.807, 2.05) is 0 Å². The van der Waals surface area contributed by atoms with Gasteiger partial charge >= 0.3 is 0 Å². The SMILES string of the molecule is C=CCc1nc(-c2cncc(F)c2)cnc1N. The zero-order valence-electron chi connectivity index (χ0n) is 9.10. The standard InChI is InChI=1S/C12H11FN4/c1-2-3-10-12(14)16-7-11(17-10)8-4-9(13)6-15-5-8/h2,4-7H,1,3H2,(H2,14,16). The highest BCUT2D eigenvalue weighted by atomic mass is 19.1. The van der Waals surface area contributed by atoms with Crippen LogP contribution in [0.1, 0.15) is 5.69 Å². The Balaban J connectivity index is 2.46. The summed E-state index contributed by atoms with van der Waals surface area (Å²) in [6.45, 7) is 3.62. The van der Waals surface area contributed by atoms with Crippen LogP contribution >= 0.6 is 0 Å². The van der Waals surface area contributed by atoms with Crippen molar-refractivity contribution in [2.45, 2.75) is 6.42 Å². The van der Waals surface area contributed by atoms with E-state index in [0.717, 1.165) is 6.20 Å². The summed E-state index contributed by atoms with van der Waals surface area (Å²) in [7, 11) is 0. The molecule has 2 N–H and O–H groups in total. The number of hydrogen-bond donors (Lipinski definition) is 1. The summed E-state index contributed by atoms with van der Waals surface area (Å²) in [4.78, 5) is 12.1. The van der Waals surface area contributed by atoms with Gasteiger partial charge in [0.25, 0.3) is 0 Å². The van der Waals surface area contributed by atoms with E-state index in [0.29, 0.717) is 29.2 Å². The van der Waals surface area contributed by atoms with Gasteiger partial charge in [-0.1, -0.05) is 6.08 Å². The van der Waals surface area contributed by atoms with Gasteiger partial charge in [0.1, 0.15) is 11.6 Å². The van der Waals surface area contributed by atoms with Crippen molar-refractivity contribution < 1.29 is 4.39 Å². The minimum absolute atomic E-state index is 0.359. The molecule has 0 aliphatic heterocycles. The summed E-state index contributed by atoms with van der Waals surface area (Å²) in [5, 5.41) is 0. The second-order valence-corrected chi connectivity index (χ2v) is 3.47. The first kappa shape index (κ1) is 11.2. The smallest absolute Gasteiger partial charge is 0.145 e. The van der Waals surface area contributed by atoms with Gasteiger partial charge in [0.05, 0.1) is 23.8 Å². The summed E-state index contributed by atoms with van der Waals surface area (Å²) >= 11 is 0. The fourth-order valence-electron chi connectivity index (χ4n) is 1.41. The number of nitrogens with zero attached hydrogens (tertiary/aromatic N) is 3. The summed E-state index contributed by atoms with van der Waals surface area (Å²) in [5.74, 6) is -0.0515. The summed E-state index contributed by atoms with van der Waals surface area (Å²) < 4.78 is 13.0. The molecule has 0 unspecified atom stereocenters. The van der Waals surface area contributed by atoms with Crippen LogP contribution in [0.2, 0.25) is 0 Å². The number of allylic oxidation sites excluding steroid dienone is 1. The number of halogens is 1. The molecular weight excluding hydrogens is 219 g/mol. The number of aromatic nitrogens is 3. The lowest BCUT2D eigenvalue weighted by molar-refractivity contribution is 0.622. The molecule has 2 heterocycles. The second kappa shape index (κ2) is 4.69. The van der Waals surface area contributed by atoms with E-state index in [2.05, 4.69) is 21.5 Å². The molecule has 2 aromatic rings. The minimum Gasteiger partial charge on any atom is -0.382 e. The summed E-state index contributed by atoms with van der Waals surface area (Å²) in [6, 6.07) is 1.35. The highest BCUT2D eigenvalue weighted by molar-refractivity contribution is 5.58. The molecule has 0 radical (unpaired) electrons. The van der Waals surface area contributed by atoms with E-state index >= 15 is 0 Å². The lowest BCUT2D eigenvalue weighted by atomic mass is 10.2. The van der Waals surface area contributed by atoms with Crippen LogP contribution in [0.15, 0.2) is 37.3 Å². The van der Waals surface area contributed by atoms with Crippen molar-refractivity contribution in [3.05, 3.63) is 48.8 Å². The predicted molar refractivity (Wildman–Crippen MR) is 63.5 cm³/mol. The van der Waals surface area contributed by atoms with Crippen LogP contribution in [0, 0.1) is 5.82 Å². The number of hydrogen-bond acceptors (Lipinski definition) is 4. The lowest BCUT2D eigenvalue weighted by Gasteiger charge is -2.05. The van der Waals surface area contributed by atoms with E-state index < -0.39 is 5.82 Å². The molecule has 0 aliphatic carbocycles. The molecule has 5 heteroatoms. The van der Waals surface area contributed by atoms with E-state index in [9.17, 15) is 4.39 Å². The molecule has 0 atom stereocenters. The van der Waals surface area contributed by atoms with Crippen LogP contribution in [0.4, 0.5) is 10.2 Å². The Kier molecular flexibility index (Phi) is 3.09. The Morgan fingerprint density at radius 2 is 2.18 bits per heavy atom. The molecule has 0 aromatic carbocycles. The van der Waals surface area contributed by atoms with E-state index in [-0.39, 0.29) is 0 Å². The minimum atomic E-state index is -0.411. The Morgan fingerprint density at radius 1 is 1.35 bits per heavy atom. The van der Waals surface area contributed by atoms with Gasteiger partial charge in [-0.15, -0.1) is 6.58 Å². The topological polar surface area (TPSA) is 64.7 Å². The van der Waals surface area contributed by atoms with Crippen LogP contribution < -0.4 is 5.73 Å². The van der Waals surface area contributed by atoms with E-state index in [1.165, 1.54) is 18.5 Å². The van der Waals surface area contributed by atoms with Crippen LogP contribution in [-0.4, -0.2) is 15.0 Å². The Morgan fingerprint density at radius 3 is 2.88 bits per heavy atom. The highest BCUT2D eigenvalue weighted by Crippen LogP contribution is 2.18. The van der Waals surface area contributed by atoms with Gasteiger partial charge in [0.15, 0.2) is 0 Å². The van der Waals surface area contributed by atoms with Crippen molar-refractivity contribution in [3.63, 3.8) is 0 Å². The van der Waals surface area contributed by atoms with Gasteiger partial charge in [0.2, 0.25) is 0 Å². The maximum atomic E-state index is 13.0. The average Bonchev–Trinajstić information content (AvgIpc) is 2.32. The third-order valence-electron chi connectivity index (χ3n) is 2.22. The maximum absolute atomic E-state index is 13.0.